The molecule has 0 amide bonds. The van der Waals surface area contributed by atoms with E-state index in [1.165, 1.54) is 0 Å². The van der Waals surface area contributed by atoms with E-state index in [0.29, 0.717) is 17.0 Å². The van der Waals surface area contributed by atoms with Gasteiger partial charge in [0.05, 0.1) is 15.5 Å². The van der Waals surface area contributed by atoms with Crippen molar-refractivity contribution in [2.45, 2.75) is 12.3 Å². The standard InChI is InChI=1S/C12H7ClF4OS/c13-8-3-4-19-11(8)10(18)6-1-2-7(9(14)5-6)12(15,16)17/h1-5,10,18H. The molecule has 102 valence electrons. The Labute approximate surface area is 115 Å². The quantitative estimate of drug-likeness (QED) is 0.801. The van der Waals surface area contributed by atoms with Gasteiger partial charge in [-0.15, -0.1) is 11.3 Å². The summed E-state index contributed by atoms with van der Waals surface area (Å²) in [6, 6.07) is 3.86. The summed E-state index contributed by atoms with van der Waals surface area (Å²) in [6.45, 7) is 0. The number of halogens is 5. The predicted octanol–water partition coefficient (Wildman–Crippen LogP) is 4.64. The van der Waals surface area contributed by atoms with Crippen molar-refractivity contribution in [2.24, 2.45) is 0 Å². The second-order valence-corrected chi connectivity index (χ2v) is 5.13. The first-order chi connectivity index (χ1) is 8.80. The van der Waals surface area contributed by atoms with E-state index >= 15 is 0 Å². The van der Waals surface area contributed by atoms with Crippen molar-refractivity contribution < 1.29 is 22.7 Å². The Bertz CT molecular complexity index is 594. The minimum absolute atomic E-state index is 0.0230. The fourth-order valence-electron chi connectivity index (χ4n) is 1.58. The van der Waals surface area contributed by atoms with Crippen LogP contribution in [-0.2, 0) is 6.18 Å². The van der Waals surface area contributed by atoms with Gasteiger partial charge >= 0.3 is 6.18 Å². The third kappa shape index (κ3) is 2.91. The molecule has 1 atom stereocenters. The maximum absolute atomic E-state index is 13.4. The van der Waals surface area contributed by atoms with Crippen LogP contribution in [0, 0.1) is 5.82 Å². The van der Waals surface area contributed by atoms with Crippen molar-refractivity contribution in [1.29, 1.82) is 0 Å². The average Bonchev–Trinajstić information content (AvgIpc) is 2.72. The van der Waals surface area contributed by atoms with Crippen LogP contribution in [0.1, 0.15) is 22.1 Å². The molecule has 1 N–H and O–H groups in total. The number of aliphatic hydroxyl groups excluding tert-OH is 1. The minimum atomic E-state index is -4.76. The van der Waals surface area contributed by atoms with Crippen LogP contribution in [0.2, 0.25) is 5.02 Å². The molecular formula is C12H7ClF4OS. The maximum atomic E-state index is 13.4. The number of rotatable bonds is 2. The SMILES string of the molecule is OC(c1ccc(C(F)(F)F)c(F)c1)c1sccc1Cl. The van der Waals surface area contributed by atoms with Crippen LogP contribution in [0.15, 0.2) is 29.6 Å². The lowest BCUT2D eigenvalue weighted by atomic mass is 10.0. The van der Waals surface area contributed by atoms with Crippen LogP contribution in [0.25, 0.3) is 0 Å². The summed E-state index contributed by atoms with van der Waals surface area (Å²) < 4.78 is 50.6. The highest BCUT2D eigenvalue weighted by molar-refractivity contribution is 7.10. The Morgan fingerprint density at radius 2 is 1.89 bits per heavy atom. The lowest BCUT2D eigenvalue weighted by Crippen LogP contribution is -2.09. The van der Waals surface area contributed by atoms with Crippen LogP contribution in [0.4, 0.5) is 17.6 Å². The molecule has 1 nitrogen and oxygen atoms in total. The van der Waals surface area contributed by atoms with Crippen LogP contribution >= 0.6 is 22.9 Å². The fourth-order valence-corrected chi connectivity index (χ4v) is 2.75. The molecule has 0 radical (unpaired) electrons. The summed E-state index contributed by atoms with van der Waals surface area (Å²) in [6.07, 6.45) is -6.00. The molecule has 0 aliphatic heterocycles. The predicted molar refractivity (Wildman–Crippen MR) is 64.8 cm³/mol. The van der Waals surface area contributed by atoms with Crippen LogP contribution in [-0.4, -0.2) is 5.11 Å². The van der Waals surface area contributed by atoms with Gasteiger partial charge in [0.1, 0.15) is 11.9 Å². The van der Waals surface area contributed by atoms with Crippen LogP contribution in [0.3, 0.4) is 0 Å². The molecule has 1 heterocycles. The molecule has 1 unspecified atom stereocenters. The van der Waals surface area contributed by atoms with Gasteiger partial charge in [-0.3, -0.25) is 0 Å². The molecule has 1 aromatic carbocycles. The van der Waals surface area contributed by atoms with Crippen molar-refractivity contribution in [3.05, 3.63) is 56.5 Å². The highest BCUT2D eigenvalue weighted by Gasteiger charge is 2.34. The van der Waals surface area contributed by atoms with Gasteiger partial charge in [-0.25, -0.2) is 4.39 Å². The second-order valence-electron chi connectivity index (χ2n) is 3.77. The average molecular weight is 311 g/mol. The monoisotopic (exact) mass is 310 g/mol. The van der Waals surface area contributed by atoms with E-state index in [2.05, 4.69) is 0 Å². The first kappa shape index (κ1) is 14.3. The first-order valence-corrected chi connectivity index (χ1v) is 6.34. The normalized spacial score (nSPS) is 13.6. The number of hydrogen-bond acceptors (Lipinski definition) is 2. The number of hydrogen-bond donors (Lipinski definition) is 1. The zero-order valence-corrected chi connectivity index (χ0v) is 10.8. The van der Waals surface area contributed by atoms with E-state index in [-0.39, 0.29) is 10.6 Å². The largest absolute Gasteiger partial charge is 0.419 e. The van der Waals surface area contributed by atoms with Crippen molar-refractivity contribution in [3.8, 4) is 0 Å². The summed E-state index contributed by atoms with van der Waals surface area (Å²) in [5.74, 6) is -1.42. The van der Waals surface area contributed by atoms with E-state index in [4.69, 9.17) is 11.6 Å². The van der Waals surface area contributed by atoms with Gasteiger partial charge in [0.15, 0.2) is 0 Å². The zero-order valence-electron chi connectivity index (χ0n) is 9.21. The Balaban J connectivity index is 2.38. The van der Waals surface area contributed by atoms with Gasteiger partial charge in [0.25, 0.3) is 0 Å². The molecule has 1 aromatic heterocycles. The van der Waals surface area contributed by atoms with Crippen molar-refractivity contribution in [1.82, 2.24) is 0 Å². The topological polar surface area (TPSA) is 20.2 Å². The second kappa shape index (κ2) is 5.11. The first-order valence-electron chi connectivity index (χ1n) is 5.08. The molecule has 0 aliphatic rings. The minimum Gasteiger partial charge on any atom is -0.383 e. The summed E-state index contributed by atoms with van der Waals surface area (Å²) in [7, 11) is 0. The van der Waals surface area contributed by atoms with Gasteiger partial charge in [0, 0.05) is 0 Å². The van der Waals surface area contributed by atoms with Crippen molar-refractivity contribution in [3.63, 3.8) is 0 Å². The molecule has 0 aliphatic carbocycles. The van der Waals surface area contributed by atoms with Crippen LogP contribution < -0.4 is 0 Å². The number of benzene rings is 1. The van der Waals surface area contributed by atoms with Gasteiger partial charge in [-0.2, -0.15) is 13.2 Å². The van der Waals surface area contributed by atoms with E-state index in [0.717, 1.165) is 17.4 Å². The number of alkyl halides is 3. The Morgan fingerprint density at radius 1 is 1.21 bits per heavy atom. The van der Waals surface area contributed by atoms with Gasteiger partial charge < -0.3 is 5.11 Å². The summed E-state index contributed by atoms with van der Waals surface area (Å²) >= 11 is 6.95. The lowest BCUT2D eigenvalue weighted by molar-refractivity contribution is -0.140. The van der Waals surface area contributed by atoms with Crippen molar-refractivity contribution in [2.75, 3.05) is 0 Å². The highest BCUT2D eigenvalue weighted by atomic mass is 35.5. The molecule has 0 saturated heterocycles. The fraction of sp³-hybridized carbons (Fsp3) is 0.167. The molecule has 2 rings (SSSR count). The summed E-state index contributed by atoms with van der Waals surface area (Å²) in [4.78, 5) is 0.362. The van der Waals surface area contributed by atoms with E-state index in [1.807, 2.05) is 0 Å². The van der Waals surface area contributed by atoms with Crippen molar-refractivity contribution >= 4 is 22.9 Å². The smallest absolute Gasteiger partial charge is 0.383 e. The lowest BCUT2D eigenvalue weighted by Gasteiger charge is -2.13. The molecule has 19 heavy (non-hydrogen) atoms. The molecule has 0 bridgehead atoms. The molecule has 0 saturated carbocycles. The zero-order chi connectivity index (χ0) is 14.2. The highest BCUT2D eigenvalue weighted by Crippen LogP contribution is 2.36. The molecular weight excluding hydrogens is 304 g/mol. The van der Waals surface area contributed by atoms with E-state index < -0.39 is 23.7 Å². The van der Waals surface area contributed by atoms with Gasteiger partial charge in [-0.05, 0) is 29.1 Å². The third-order valence-electron chi connectivity index (χ3n) is 2.51. The third-order valence-corrected chi connectivity index (χ3v) is 3.92. The van der Waals surface area contributed by atoms with Gasteiger partial charge in [-0.1, -0.05) is 17.7 Å². The van der Waals surface area contributed by atoms with E-state index in [1.54, 1.807) is 11.4 Å². The molecule has 2 aromatic rings. The number of aliphatic hydroxyl groups is 1. The van der Waals surface area contributed by atoms with Gasteiger partial charge in [0.2, 0.25) is 0 Å². The summed E-state index contributed by atoms with van der Waals surface area (Å²) in [5, 5.41) is 11.9. The van der Waals surface area contributed by atoms with Crippen LogP contribution in [0.5, 0.6) is 0 Å². The molecule has 0 spiro atoms. The molecule has 0 fully saturated rings. The maximum Gasteiger partial charge on any atom is 0.419 e. The Kier molecular flexibility index (Phi) is 3.85. The molecule has 7 heteroatoms. The summed E-state index contributed by atoms with van der Waals surface area (Å²) in [5.41, 5.74) is -1.34. The van der Waals surface area contributed by atoms with E-state index in [9.17, 15) is 22.7 Å². The Hall–Kier alpha value is -1.11. The number of thiophene rings is 1. The Morgan fingerprint density at radius 3 is 2.37 bits per heavy atom.